The van der Waals surface area contributed by atoms with E-state index in [1.807, 2.05) is 0 Å². The number of sulfonamides is 1. The van der Waals surface area contributed by atoms with Gasteiger partial charge in [0.25, 0.3) is 10.0 Å². The van der Waals surface area contributed by atoms with Gasteiger partial charge in [-0.15, -0.1) is 0 Å². The van der Waals surface area contributed by atoms with Gasteiger partial charge in [0.1, 0.15) is 0 Å². The monoisotopic (exact) mass is 325 g/mol. The fourth-order valence-electron chi connectivity index (χ4n) is 1.59. The summed E-state index contributed by atoms with van der Waals surface area (Å²) in [5, 5.41) is 11.9. The summed E-state index contributed by atoms with van der Waals surface area (Å²) >= 11 is 5.72. The minimum absolute atomic E-state index is 0.0536. The normalized spacial score (nSPS) is 12.1. The summed E-state index contributed by atoms with van der Waals surface area (Å²) in [7, 11) is -3.69. The van der Waals surface area contributed by atoms with Gasteiger partial charge in [-0.3, -0.25) is 4.72 Å². The van der Waals surface area contributed by atoms with Gasteiger partial charge in [-0.1, -0.05) is 16.8 Å². The molecule has 0 bridgehead atoms. The van der Waals surface area contributed by atoms with Crippen LogP contribution in [0.5, 0.6) is 0 Å². The first-order valence-corrected chi connectivity index (χ1v) is 7.65. The van der Waals surface area contributed by atoms with E-state index in [2.05, 4.69) is 9.88 Å². The Bertz CT molecular complexity index is 756. The molecule has 0 saturated carbocycles. The van der Waals surface area contributed by atoms with E-state index in [1.54, 1.807) is 0 Å². The van der Waals surface area contributed by atoms with Crippen LogP contribution < -0.4 is 10.5 Å². The number of benzene rings is 2. The van der Waals surface area contributed by atoms with Crippen molar-refractivity contribution in [2.45, 2.75) is 4.90 Å². The van der Waals surface area contributed by atoms with Crippen LogP contribution in [0.4, 0.5) is 5.69 Å². The van der Waals surface area contributed by atoms with Gasteiger partial charge in [0, 0.05) is 16.3 Å². The summed E-state index contributed by atoms with van der Waals surface area (Å²) in [6, 6.07) is 11.9. The molecular weight excluding hydrogens is 314 g/mol. The third-order valence-electron chi connectivity index (χ3n) is 2.66. The van der Waals surface area contributed by atoms with Crippen LogP contribution in [-0.2, 0) is 10.0 Å². The fourth-order valence-corrected chi connectivity index (χ4v) is 2.78. The number of nitrogens with two attached hydrogens (primary N) is 1. The molecule has 0 aromatic heterocycles. The van der Waals surface area contributed by atoms with Crippen LogP contribution in [0.1, 0.15) is 5.56 Å². The molecule has 2 rings (SSSR count). The number of hydrogen-bond acceptors (Lipinski definition) is 4. The van der Waals surface area contributed by atoms with E-state index >= 15 is 0 Å². The maximum atomic E-state index is 12.1. The Kier molecular flexibility index (Phi) is 4.35. The molecule has 0 fully saturated rings. The second-order valence-electron chi connectivity index (χ2n) is 4.12. The molecule has 0 atom stereocenters. The van der Waals surface area contributed by atoms with E-state index in [1.165, 1.54) is 48.5 Å². The highest BCUT2D eigenvalue weighted by molar-refractivity contribution is 7.92. The summed E-state index contributed by atoms with van der Waals surface area (Å²) in [6.07, 6.45) is 0. The Morgan fingerprint density at radius 3 is 2.19 bits per heavy atom. The maximum absolute atomic E-state index is 12.1. The van der Waals surface area contributed by atoms with E-state index in [4.69, 9.17) is 22.5 Å². The summed E-state index contributed by atoms with van der Waals surface area (Å²) in [5.74, 6) is -0.0536. The van der Waals surface area contributed by atoms with E-state index in [0.717, 1.165) is 0 Å². The molecule has 21 heavy (non-hydrogen) atoms. The van der Waals surface area contributed by atoms with Crippen LogP contribution in [0.3, 0.4) is 0 Å². The number of halogens is 1. The number of oxime groups is 1. The second kappa shape index (κ2) is 6.02. The Labute approximate surface area is 126 Å². The zero-order chi connectivity index (χ0) is 15.5. The van der Waals surface area contributed by atoms with Crippen molar-refractivity contribution in [3.63, 3.8) is 0 Å². The largest absolute Gasteiger partial charge is 0.409 e. The zero-order valence-corrected chi connectivity index (χ0v) is 12.3. The van der Waals surface area contributed by atoms with Gasteiger partial charge in [0.15, 0.2) is 5.84 Å². The number of nitrogens with zero attached hydrogens (tertiary/aromatic N) is 1. The second-order valence-corrected chi connectivity index (χ2v) is 6.24. The number of hydrogen-bond donors (Lipinski definition) is 3. The molecule has 0 spiro atoms. The molecule has 0 aliphatic heterocycles. The minimum atomic E-state index is -3.69. The molecule has 0 amide bonds. The highest BCUT2D eigenvalue weighted by Crippen LogP contribution is 2.18. The van der Waals surface area contributed by atoms with E-state index in [0.29, 0.717) is 16.3 Å². The van der Waals surface area contributed by atoms with Crippen molar-refractivity contribution in [3.05, 3.63) is 59.1 Å². The summed E-state index contributed by atoms with van der Waals surface area (Å²) in [5.41, 5.74) is 6.26. The first-order chi connectivity index (χ1) is 9.92. The third-order valence-corrected chi connectivity index (χ3v) is 4.31. The Balaban J connectivity index is 2.23. The predicted octanol–water partition coefficient (Wildman–Crippen LogP) is 2.24. The molecular formula is C13H12ClN3O3S. The Hall–Kier alpha value is -2.25. The number of nitrogens with one attached hydrogen (secondary N) is 1. The van der Waals surface area contributed by atoms with Gasteiger partial charge in [0.2, 0.25) is 0 Å². The lowest BCUT2D eigenvalue weighted by molar-refractivity contribution is 0.318. The predicted molar refractivity (Wildman–Crippen MR) is 81.2 cm³/mol. The lowest BCUT2D eigenvalue weighted by Crippen LogP contribution is -2.14. The molecule has 0 unspecified atom stereocenters. The third kappa shape index (κ3) is 3.65. The summed E-state index contributed by atoms with van der Waals surface area (Å²) in [6.45, 7) is 0. The molecule has 0 heterocycles. The topological polar surface area (TPSA) is 105 Å². The van der Waals surface area contributed by atoms with Crippen LogP contribution in [0.15, 0.2) is 58.6 Å². The number of rotatable bonds is 4. The summed E-state index contributed by atoms with van der Waals surface area (Å²) < 4.78 is 26.7. The Morgan fingerprint density at radius 1 is 1.10 bits per heavy atom. The maximum Gasteiger partial charge on any atom is 0.261 e. The van der Waals surface area contributed by atoms with Gasteiger partial charge >= 0.3 is 0 Å². The van der Waals surface area contributed by atoms with Crippen LogP contribution in [0.25, 0.3) is 0 Å². The fraction of sp³-hybridized carbons (Fsp3) is 0. The standard InChI is InChI=1S/C13H12ClN3O3S/c14-10-3-7-12(8-4-10)21(19,20)17-11-5-1-9(2-6-11)13(15)16-18/h1-8,17-18H,(H2,15,16). The van der Waals surface area contributed by atoms with Crippen molar-refractivity contribution in [3.8, 4) is 0 Å². The van der Waals surface area contributed by atoms with Crippen molar-refractivity contribution in [1.82, 2.24) is 0 Å². The van der Waals surface area contributed by atoms with E-state index in [9.17, 15) is 8.42 Å². The molecule has 0 aliphatic rings. The van der Waals surface area contributed by atoms with E-state index in [-0.39, 0.29) is 10.7 Å². The average Bonchev–Trinajstić information content (AvgIpc) is 2.47. The lowest BCUT2D eigenvalue weighted by Gasteiger charge is -2.08. The molecule has 6 nitrogen and oxygen atoms in total. The number of amidine groups is 1. The molecule has 8 heteroatoms. The molecule has 0 radical (unpaired) electrons. The van der Waals surface area contributed by atoms with Crippen molar-refractivity contribution in [2.75, 3.05) is 4.72 Å². The van der Waals surface area contributed by atoms with E-state index < -0.39 is 10.0 Å². The van der Waals surface area contributed by atoms with Crippen molar-refractivity contribution in [1.29, 1.82) is 0 Å². The smallest absolute Gasteiger partial charge is 0.261 e. The molecule has 0 aliphatic carbocycles. The van der Waals surface area contributed by atoms with Crippen LogP contribution in [0.2, 0.25) is 5.02 Å². The molecule has 110 valence electrons. The lowest BCUT2D eigenvalue weighted by atomic mass is 10.2. The Morgan fingerprint density at radius 2 is 1.67 bits per heavy atom. The zero-order valence-electron chi connectivity index (χ0n) is 10.7. The number of anilines is 1. The van der Waals surface area contributed by atoms with Crippen molar-refractivity contribution >= 4 is 33.1 Å². The van der Waals surface area contributed by atoms with Crippen molar-refractivity contribution < 1.29 is 13.6 Å². The van der Waals surface area contributed by atoms with Gasteiger partial charge in [-0.2, -0.15) is 0 Å². The van der Waals surface area contributed by atoms with Crippen LogP contribution in [-0.4, -0.2) is 19.5 Å². The van der Waals surface area contributed by atoms with Gasteiger partial charge in [-0.05, 0) is 48.5 Å². The highest BCUT2D eigenvalue weighted by atomic mass is 35.5. The molecule has 0 saturated heterocycles. The summed E-state index contributed by atoms with van der Waals surface area (Å²) in [4.78, 5) is 0.104. The highest BCUT2D eigenvalue weighted by Gasteiger charge is 2.13. The van der Waals surface area contributed by atoms with Crippen LogP contribution >= 0.6 is 11.6 Å². The average molecular weight is 326 g/mol. The molecule has 2 aromatic rings. The minimum Gasteiger partial charge on any atom is -0.409 e. The molecule has 2 aromatic carbocycles. The first-order valence-electron chi connectivity index (χ1n) is 5.79. The van der Waals surface area contributed by atoms with Crippen molar-refractivity contribution in [2.24, 2.45) is 10.9 Å². The quantitative estimate of drug-likeness (QED) is 0.347. The van der Waals surface area contributed by atoms with Gasteiger partial charge < -0.3 is 10.9 Å². The van der Waals surface area contributed by atoms with Crippen LogP contribution in [0, 0.1) is 0 Å². The SMILES string of the molecule is NC(=NO)c1ccc(NS(=O)(=O)c2ccc(Cl)cc2)cc1. The first kappa shape index (κ1) is 15.1. The molecule has 4 N–H and O–H groups in total. The van der Waals surface area contributed by atoms with Gasteiger partial charge in [0.05, 0.1) is 4.90 Å². The van der Waals surface area contributed by atoms with Gasteiger partial charge in [-0.25, -0.2) is 8.42 Å².